The van der Waals surface area contributed by atoms with E-state index in [2.05, 4.69) is 10.6 Å². The summed E-state index contributed by atoms with van der Waals surface area (Å²) in [6.07, 6.45) is 6.13. The topological polar surface area (TPSA) is 82.0 Å². The molecule has 24 heavy (non-hydrogen) atoms. The van der Waals surface area contributed by atoms with Crippen LogP contribution in [0.3, 0.4) is 0 Å². The van der Waals surface area contributed by atoms with Gasteiger partial charge in [-0.3, -0.25) is 9.59 Å². The number of nitriles is 1. The van der Waals surface area contributed by atoms with Crippen LogP contribution in [0.4, 0.5) is 10.1 Å². The van der Waals surface area contributed by atoms with Crippen LogP contribution in [0.2, 0.25) is 0 Å². The lowest BCUT2D eigenvalue weighted by molar-refractivity contribution is -0.126. The third kappa shape index (κ3) is 5.05. The molecular weight excluding hydrogens is 309 g/mol. The zero-order valence-corrected chi connectivity index (χ0v) is 13.8. The highest BCUT2D eigenvalue weighted by atomic mass is 19.1. The lowest BCUT2D eigenvalue weighted by Gasteiger charge is -2.22. The molecule has 0 heterocycles. The largest absolute Gasteiger partial charge is 0.345 e. The van der Waals surface area contributed by atoms with Crippen molar-refractivity contribution in [3.8, 4) is 6.07 Å². The van der Waals surface area contributed by atoms with Gasteiger partial charge in [0, 0.05) is 6.42 Å². The number of nitrogens with one attached hydrogen (secondary N) is 2. The van der Waals surface area contributed by atoms with E-state index in [1.807, 2.05) is 6.07 Å². The number of carbonyl (C=O) groups is 2. The van der Waals surface area contributed by atoms with Crippen LogP contribution in [0.5, 0.6) is 0 Å². The third-order valence-electron chi connectivity index (χ3n) is 4.33. The lowest BCUT2D eigenvalue weighted by Crippen LogP contribution is -2.42. The number of benzene rings is 1. The monoisotopic (exact) mass is 331 g/mol. The highest BCUT2D eigenvalue weighted by molar-refractivity contribution is 5.97. The smallest absolute Gasteiger partial charge is 0.246 e. The second-order valence-corrected chi connectivity index (χ2v) is 6.29. The zero-order valence-electron chi connectivity index (χ0n) is 13.8. The lowest BCUT2D eigenvalue weighted by atomic mass is 9.87. The molecule has 1 saturated carbocycles. The first-order chi connectivity index (χ1) is 11.5. The van der Waals surface area contributed by atoms with Gasteiger partial charge in [-0.15, -0.1) is 0 Å². The van der Waals surface area contributed by atoms with E-state index >= 15 is 0 Å². The Kier molecular flexibility index (Phi) is 6.30. The number of carbonyl (C=O) groups excluding carboxylic acids is 2. The van der Waals surface area contributed by atoms with Crippen molar-refractivity contribution in [3.05, 3.63) is 29.6 Å². The van der Waals surface area contributed by atoms with E-state index in [0.29, 0.717) is 12.3 Å². The third-order valence-corrected chi connectivity index (χ3v) is 4.33. The molecule has 1 aliphatic carbocycles. The van der Waals surface area contributed by atoms with Crippen molar-refractivity contribution >= 4 is 17.5 Å². The molecule has 0 aliphatic heterocycles. The minimum atomic E-state index is -0.724. The Morgan fingerprint density at radius 2 is 2.04 bits per heavy atom. The van der Waals surface area contributed by atoms with Gasteiger partial charge in [-0.25, -0.2) is 4.39 Å². The SMILES string of the molecule is CC(NC(=O)CC1CCCCC1)C(=O)Nc1ccc(F)cc1C#N. The van der Waals surface area contributed by atoms with Gasteiger partial charge in [-0.1, -0.05) is 19.3 Å². The number of anilines is 1. The Bertz CT molecular complexity index is 648. The molecule has 2 N–H and O–H groups in total. The van der Waals surface area contributed by atoms with Crippen LogP contribution in [-0.4, -0.2) is 17.9 Å². The van der Waals surface area contributed by atoms with Crippen molar-refractivity contribution < 1.29 is 14.0 Å². The molecule has 1 aliphatic rings. The van der Waals surface area contributed by atoms with Gasteiger partial charge in [0.15, 0.2) is 0 Å². The molecular formula is C18H22FN3O2. The fraction of sp³-hybridized carbons (Fsp3) is 0.500. The highest BCUT2D eigenvalue weighted by Crippen LogP contribution is 2.26. The van der Waals surface area contributed by atoms with E-state index in [0.717, 1.165) is 31.7 Å². The maximum absolute atomic E-state index is 13.1. The van der Waals surface area contributed by atoms with E-state index in [1.54, 1.807) is 6.92 Å². The van der Waals surface area contributed by atoms with Crippen LogP contribution >= 0.6 is 0 Å². The molecule has 0 spiro atoms. The summed E-state index contributed by atoms with van der Waals surface area (Å²) in [6, 6.07) is 4.67. The molecule has 5 nitrogen and oxygen atoms in total. The van der Waals surface area contributed by atoms with E-state index in [-0.39, 0.29) is 17.2 Å². The summed E-state index contributed by atoms with van der Waals surface area (Å²) in [5.41, 5.74) is 0.279. The molecule has 1 fully saturated rings. The molecule has 2 amide bonds. The second kappa shape index (κ2) is 8.44. The van der Waals surface area contributed by atoms with E-state index in [4.69, 9.17) is 5.26 Å². The summed E-state index contributed by atoms with van der Waals surface area (Å²) >= 11 is 0. The molecule has 2 rings (SSSR count). The predicted molar refractivity (Wildman–Crippen MR) is 88.5 cm³/mol. The first kappa shape index (κ1) is 17.9. The van der Waals surface area contributed by atoms with Crippen molar-refractivity contribution in [1.29, 1.82) is 5.26 Å². The van der Waals surface area contributed by atoms with Gasteiger partial charge < -0.3 is 10.6 Å². The van der Waals surface area contributed by atoms with E-state index in [1.165, 1.54) is 18.6 Å². The van der Waals surface area contributed by atoms with Crippen molar-refractivity contribution in [1.82, 2.24) is 5.32 Å². The fourth-order valence-corrected chi connectivity index (χ4v) is 2.98. The van der Waals surface area contributed by atoms with Gasteiger partial charge in [0.2, 0.25) is 11.8 Å². The summed E-state index contributed by atoms with van der Waals surface area (Å²) in [5.74, 6) is -0.714. The predicted octanol–water partition coefficient (Wildman–Crippen LogP) is 3.11. The van der Waals surface area contributed by atoms with Gasteiger partial charge in [0.1, 0.15) is 17.9 Å². The summed E-state index contributed by atoms with van der Waals surface area (Å²) in [4.78, 5) is 24.2. The Balaban J connectivity index is 1.87. The number of amides is 2. The van der Waals surface area contributed by atoms with Crippen LogP contribution in [0.25, 0.3) is 0 Å². The van der Waals surface area contributed by atoms with Crippen LogP contribution in [0, 0.1) is 23.1 Å². The molecule has 0 aromatic heterocycles. The molecule has 0 bridgehead atoms. The van der Waals surface area contributed by atoms with Crippen molar-refractivity contribution in [3.63, 3.8) is 0 Å². The van der Waals surface area contributed by atoms with Gasteiger partial charge in [-0.05, 0) is 43.9 Å². The molecule has 0 radical (unpaired) electrons. The maximum atomic E-state index is 13.1. The number of rotatable bonds is 5. The van der Waals surface area contributed by atoms with Crippen molar-refractivity contribution in [2.24, 2.45) is 5.92 Å². The van der Waals surface area contributed by atoms with E-state index < -0.39 is 17.8 Å². The fourth-order valence-electron chi connectivity index (χ4n) is 2.98. The van der Waals surface area contributed by atoms with Gasteiger partial charge >= 0.3 is 0 Å². The van der Waals surface area contributed by atoms with Crippen LogP contribution in [-0.2, 0) is 9.59 Å². The average Bonchev–Trinajstić information content (AvgIpc) is 2.57. The number of nitrogens with zero attached hydrogens (tertiary/aromatic N) is 1. The highest BCUT2D eigenvalue weighted by Gasteiger charge is 2.21. The van der Waals surface area contributed by atoms with Gasteiger partial charge in [-0.2, -0.15) is 5.26 Å². The first-order valence-corrected chi connectivity index (χ1v) is 8.29. The molecule has 1 atom stereocenters. The normalized spacial score (nSPS) is 16.0. The Morgan fingerprint density at radius 3 is 2.71 bits per heavy atom. The van der Waals surface area contributed by atoms with Crippen LogP contribution < -0.4 is 10.6 Å². The molecule has 128 valence electrons. The van der Waals surface area contributed by atoms with Crippen molar-refractivity contribution in [2.75, 3.05) is 5.32 Å². The Hall–Kier alpha value is -2.42. The molecule has 1 aromatic rings. The average molecular weight is 331 g/mol. The zero-order chi connectivity index (χ0) is 17.5. The minimum absolute atomic E-state index is 0.0454. The summed E-state index contributed by atoms with van der Waals surface area (Å²) in [7, 11) is 0. The summed E-state index contributed by atoms with van der Waals surface area (Å²) in [5, 5.41) is 14.2. The molecule has 0 saturated heterocycles. The number of halogens is 1. The summed E-state index contributed by atoms with van der Waals surface area (Å²) < 4.78 is 13.1. The number of hydrogen-bond acceptors (Lipinski definition) is 3. The Labute approximate surface area is 141 Å². The Morgan fingerprint density at radius 1 is 1.33 bits per heavy atom. The summed E-state index contributed by atoms with van der Waals surface area (Å²) in [6.45, 7) is 1.59. The molecule has 6 heteroatoms. The van der Waals surface area contributed by atoms with Crippen molar-refractivity contribution in [2.45, 2.75) is 51.5 Å². The van der Waals surface area contributed by atoms with Gasteiger partial charge in [0.25, 0.3) is 0 Å². The maximum Gasteiger partial charge on any atom is 0.246 e. The molecule has 1 aromatic carbocycles. The second-order valence-electron chi connectivity index (χ2n) is 6.29. The standard InChI is InChI=1S/C18H22FN3O2/c1-12(21-17(23)9-13-5-3-2-4-6-13)18(24)22-16-8-7-15(19)10-14(16)11-20/h7-8,10,12-13H,2-6,9H2,1H3,(H,21,23)(H,22,24). The quantitative estimate of drug-likeness (QED) is 0.870. The first-order valence-electron chi connectivity index (χ1n) is 8.29. The number of hydrogen-bond donors (Lipinski definition) is 2. The van der Waals surface area contributed by atoms with Crippen LogP contribution in [0.15, 0.2) is 18.2 Å². The molecule has 1 unspecified atom stereocenters. The van der Waals surface area contributed by atoms with Crippen LogP contribution in [0.1, 0.15) is 51.0 Å². The van der Waals surface area contributed by atoms with Gasteiger partial charge in [0.05, 0.1) is 11.3 Å². The van der Waals surface area contributed by atoms with E-state index in [9.17, 15) is 14.0 Å². The minimum Gasteiger partial charge on any atom is -0.345 e.